The van der Waals surface area contributed by atoms with E-state index in [2.05, 4.69) is 4.72 Å². The van der Waals surface area contributed by atoms with Gasteiger partial charge in [0.05, 0.1) is 17.5 Å². The molecule has 6 heteroatoms. The molecule has 0 aliphatic carbocycles. The van der Waals surface area contributed by atoms with Crippen molar-refractivity contribution in [1.82, 2.24) is 4.72 Å². The molecule has 0 aliphatic rings. The van der Waals surface area contributed by atoms with Gasteiger partial charge in [0, 0.05) is 6.04 Å². The molecule has 1 aromatic carbocycles. The normalized spacial score (nSPS) is 15.8. The van der Waals surface area contributed by atoms with Gasteiger partial charge in [-0.05, 0) is 32.8 Å². The molecule has 1 rings (SSSR count). The van der Waals surface area contributed by atoms with Crippen LogP contribution in [0.4, 0.5) is 0 Å². The minimum absolute atomic E-state index is 0.121. The van der Waals surface area contributed by atoms with E-state index in [1.54, 1.807) is 45.0 Å². The highest BCUT2D eigenvalue weighted by molar-refractivity contribution is 7.90. The van der Waals surface area contributed by atoms with E-state index < -0.39 is 33.5 Å². The Balaban J connectivity index is 3.01. The lowest BCUT2D eigenvalue weighted by atomic mass is 10.0. The van der Waals surface area contributed by atoms with Gasteiger partial charge in [0.1, 0.15) is 0 Å². The highest BCUT2D eigenvalue weighted by Gasteiger charge is 2.32. The predicted octanol–water partition coefficient (Wildman–Crippen LogP) is 1.19. The van der Waals surface area contributed by atoms with Gasteiger partial charge in [0.25, 0.3) is 0 Å². The molecule has 1 aromatic rings. The number of rotatable bonds is 6. The Morgan fingerprint density at radius 2 is 1.75 bits per heavy atom. The summed E-state index contributed by atoms with van der Waals surface area (Å²) in [6, 6.07) is 8.46. The molecule has 5 nitrogen and oxygen atoms in total. The maximum Gasteiger partial charge on any atom is 0.217 e. The average Bonchev–Trinajstić information content (AvgIpc) is 2.37. The van der Waals surface area contributed by atoms with Crippen LogP contribution in [0.3, 0.4) is 0 Å². The SMILES string of the molecule is CC(C)(C)S(=O)(=O)N[C@@H](C[C@H](O)CO)c1ccccc1. The third-order valence-corrected chi connectivity index (χ3v) is 5.23. The first-order valence-electron chi connectivity index (χ1n) is 6.53. The summed E-state index contributed by atoms with van der Waals surface area (Å²) >= 11 is 0. The molecule has 0 aromatic heterocycles. The average molecular weight is 301 g/mol. The zero-order valence-electron chi connectivity index (χ0n) is 12.1. The van der Waals surface area contributed by atoms with Crippen LogP contribution in [-0.2, 0) is 10.0 Å². The lowest BCUT2D eigenvalue weighted by Gasteiger charge is -2.26. The van der Waals surface area contributed by atoms with Crippen LogP contribution in [-0.4, -0.2) is 36.1 Å². The highest BCUT2D eigenvalue weighted by atomic mass is 32.2. The van der Waals surface area contributed by atoms with Gasteiger partial charge < -0.3 is 10.2 Å². The third kappa shape index (κ3) is 4.56. The van der Waals surface area contributed by atoms with E-state index in [0.717, 1.165) is 5.56 Å². The van der Waals surface area contributed by atoms with Crippen LogP contribution in [0.2, 0.25) is 0 Å². The first-order chi connectivity index (χ1) is 9.17. The van der Waals surface area contributed by atoms with Gasteiger partial charge in [0.2, 0.25) is 10.0 Å². The standard InChI is InChI=1S/C14H23NO4S/c1-14(2,3)20(18,19)15-13(9-12(17)10-16)11-7-5-4-6-8-11/h4-8,12-13,15-17H,9-10H2,1-3H3/t12-,13-/m0/s1. The van der Waals surface area contributed by atoms with Crippen LogP contribution in [0.25, 0.3) is 0 Å². The van der Waals surface area contributed by atoms with Gasteiger partial charge >= 0.3 is 0 Å². The van der Waals surface area contributed by atoms with Gasteiger partial charge in [-0.1, -0.05) is 30.3 Å². The second kappa shape index (κ2) is 6.67. The molecule has 0 heterocycles. The van der Waals surface area contributed by atoms with Crippen molar-refractivity contribution < 1.29 is 18.6 Å². The van der Waals surface area contributed by atoms with E-state index in [-0.39, 0.29) is 6.42 Å². The highest BCUT2D eigenvalue weighted by Crippen LogP contribution is 2.23. The van der Waals surface area contributed by atoms with Crippen LogP contribution in [0.1, 0.15) is 38.8 Å². The monoisotopic (exact) mass is 301 g/mol. The molecule has 0 radical (unpaired) electrons. The first kappa shape index (κ1) is 17.1. The van der Waals surface area contributed by atoms with Crippen molar-refractivity contribution in [2.45, 2.75) is 44.1 Å². The van der Waals surface area contributed by atoms with Crippen LogP contribution in [0.5, 0.6) is 0 Å². The quantitative estimate of drug-likeness (QED) is 0.736. The van der Waals surface area contributed by atoms with Crippen LogP contribution < -0.4 is 4.72 Å². The largest absolute Gasteiger partial charge is 0.394 e. The van der Waals surface area contributed by atoms with Crippen molar-refractivity contribution in [3.63, 3.8) is 0 Å². The molecule has 0 spiro atoms. The number of hydrogen-bond donors (Lipinski definition) is 3. The van der Waals surface area contributed by atoms with E-state index in [4.69, 9.17) is 5.11 Å². The number of aliphatic hydroxyl groups is 2. The molecule has 0 saturated carbocycles. The topological polar surface area (TPSA) is 86.6 Å². The van der Waals surface area contributed by atoms with Crippen molar-refractivity contribution in [1.29, 1.82) is 0 Å². The van der Waals surface area contributed by atoms with E-state index in [0.29, 0.717) is 0 Å². The molecule has 20 heavy (non-hydrogen) atoms. The fraction of sp³-hybridized carbons (Fsp3) is 0.571. The van der Waals surface area contributed by atoms with Gasteiger partial charge in [0.15, 0.2) is 0 Å². The van der Waals surface area contributed by atoms with E-state index in [1.165, 1.54) is 0 Å². The Morgan fingerprint density at radius 3 is 2.20 bits per heavy atom. The molecule has 0 saturated heterocycles. The smallest absolute Gasteiger partial charge is 0.217 e. The molecule has 3 N–H and O–H groups in total. The molecule has 114 valence electrons. The summed E-state index contributed by atoms with van der Waals surface area (Å²) in [5.74, 6) is 0. The Hall–Kier alpha value is -0.950. The summed E-state index contributed by atoms with van der Waals surface area (Å²) < 4.78 is 26.2. The molecular weight excluding hydrogens is 278 g/mol. The van der Waals surface area contributed by atoms with Crippen LogP contribution in [0, 0.1) is 0 Å². The molecular formula is C14H23NO4S. The lowest BCUT2D eigenvalue weighted by molar-refractivity contribution is 0.0811. The van der Waals surface area contributed by atoms with Crippen molar-refractivity contribution in [3.05, 3.63) is 35.9 Å². The second-order valence-corrected chi connectivity index (χ2v) is 8.24. The summed E-state index contributed by atoms with van der Waals surface area (Å²) in [6.07, 6.45) is -0.849. The summed E-state index contributed by atoms with van der Waals surface area (Å²) in [5.41, 5.74) is 0.757. The zero-order chi connectivity index (χ0) is 15.4. The van der Waals surface area contributed by atoms with Crippen molar-refractivity contribution >= 4 is 10.0 Å². The molecule has 2 atom stereocenters. The van der Waals surface area contributed by atoms with Gasteiger partial charge in [-0.2, -0.15) is 0 Å². The van der Waals surface area contributed by atoms with Crippen LogP contribution >= 0.6 is 0 Å². The molecule has 0 aliphatic heterocycles. The van der Waals surface area contributed by atoms with E-state index in [1.807, 2.05) is 6.07 Å². The first-order valence-corrected chi connectivity index (χ1v) is 8.01. The number of nitrogens with one attached hydrogen (secondary N) is 1. The summed E-state index contributed by atoms with van der Waals surface area (Å²) in [4.78, 5) is 0. The molecule has 0 bridgehead atoms. The third-order valence-electron chi connectivity index (χ3n) is 3.02. The summed E-state index contributed by atoms with van der Waals surface area (Å²) in [6.45, 7) is 4.43. The number of sulfonamides is 1. The molecule has 0 unspecified atom stereocenters. The number of aliphatic hydroxyl groups excluding tert-OH is 2. The molecule has 0 amide bonds. The summed E-state index contributed by atoms with van der Waals surface area (Å²) in [5, 5.41) is 18.6. The maximum absolute atomic E-state index is 12.3. The number of hydrogen-bond acceptors (Lipinski definition) is 4. The van der Waals surface area contributed by atoms with E-state index >= 15 is 0 Å². The Bertz CT molecular complexity index is 508. The van der Waals surface area contributed by atoms with Gasteiger partial charge in [-0.15, -0.1) is 0 Å². The molecule has 0 fully saturated rings. The van der Waals surface area contributed by atoms with Gasteiger partial charge in [-0.25, -0.2) is 13.1 Å². The van der Waals surface area contributed by atoms with Crippen LogP contribution in [0.15, 0.2) is 30.3 Å². The Kier molecular flexibility index (Phi) is 5.70. The van der Waals surface area contributed by atoms with Crippen molar-refractivity contribution in [2.75, 3.05) is 6.61 Å². The predicted molar refractivity (Wildman–Crippen MR) is 78.7 cm³/mol. The minimum atomic E-state index is -3.54. The van der Waals surface area contributed by atoms with Gasteiger partial charge in [-0.3, -0.25) is 0 Å². The lowest BCUT2D eigenvalue weighted by Crippen LogP contribution is -2.42. The zero-order valence-corrected chi connectivity index (χ0v) is 12.9. The van der Waals surface area contributed by atoms with E-state index in [9.17, 15) is 13.5 Å². The summed E-state index contributed by atoms with van der Waals surface area (Å²) in [7, 11) is -3.54. The Morgan fingerprint density at radius 1 is 1.20 bits per heavy atom. The van der Waals surface area contributed by atoms with Crippen molar-refractivity contribution in [3.8, 4) is 0 Å². The second-order valence-electron chi connectivity index (χ2n) is 5.77. The maximum atomic E-state index is 12.3. The minimum Gasteiger partial charge on any atom is -0.394 e. The Labute approximate surface area is 120 Å². The fourth-order valence-corrected chi connectivity index (χ4v) is 2.61. The van der Waals surface area contributed by atoms with Crippen molar-refractivity contribution in [2.24, 2.45) is 0 Å². The number of benzene rings is 1. The fourth-order valence-electron chi connectivity index (χ4n) is 1.65.